The highest BCUT2D eigenvalue weighted by Crippen LogP contribution is 2.24. The van der Waals surface area contributed by atoms with Gasteiger partial charge in [-0.2, -0.15) is 0 Å². The van der Waals surface area contributed by atoms with E-state index >= 15 is 0 Å². The van der Waals surface area contributed by atoms with Gasteiger partial charge >= 0.3 is 0 Å². The van der Waals surface area contributed by atoms with Crippen molar-refractivity contribution in [1.82, 2.24) is 0 Å². The van der Waals surface area contributed by atoms with Crippen molar-refractivity contribution in [2.75, 3.05) is 0 Å². The van der Waals surface area contributed by atoms with E-state index in [2.05, 4.69) is 5.16 Å². The first-order chi connectivity index (χ1) is 5.69. The van der Waals surface area contributed by atoms with Crippen LogP contribution in [0.1, 0.15) is 38.5 Å². The van der Waals surface area contributed by atoms with E-state index in [1.165, 1.54) is 12.8 Å². The van der Waals surface area contributed by atoms with Crippen molar-refractivity contribution in [3.63, 3.8) is 0 Å². The second kappa shape index (κ2) is 3.76. The largest absolute Gasteiger partial charge is 0.409 e. The monoisotopic (exact) mass is 171 g/mol. The molecule has 0 aromatic heterocycles. The minimum atomic E-state index is -0.550. The van der Waals surface area contributed by atoms with Gasteiger partial charge in [0.05, 0.1) is 5.54 Å². The van der Waals surface area contributed by atoms with E-state index in [0.29, 0.717) is 0 Å². The van der Waals surface area contributed by atoms with E-state index in [1.54, 1.807) is 0 Å². The maximum absolute atomic E-state index is 8.53. The molecule has 0 heterocycles. The number of amidine groups is 1. The van der Waals surface area contributed by atoms with Gasteiger partial charge in [-0.05, 0) is 12.8 Å². The molecule has 0 radical (unpaired) electrons. The van der Waals surface area contributed by atoms with E-state index in [9.17, 15) is 0 Å². The second-order valence-corrected chi connectivity index (χ2v) is 3.56. The molecule has 70 valence electrons. The lowest BCUT2D eigenvalue weighted by molar-refractivity contribution is 0.309. The van der Waals surface area contributed by atoms with E-state index in [0.717, 1.165) is 25.7 Å². The molecule has 1 aliphatic rings. The van der Waals surface area contributed by atoms with Crippen molar-refractivity contribution >= 4 is 5.84 Å². The summed E-state index contributed by atoms with van der Waals surface area (Å²) in [5.41, 5.74) is 11.0. The summed E-state index contributed by atoms with van der Waals surface area (Å²) in [6, 6.07) is 0. The minimum absolute atomic E-state index is 0.185. The van der Waals surface area contributed by atoms with Gasteiger partial charge in [-0.15, -0.1) is 0 Å². The van der Waals surface area contributed by atoms with Crippen LogP contribution >= 0.6 is 0 Å². The van der Waals surface area contributed by atoms with Gasteiger partial charge in [0.25, 0.3) is 0 Å². The lowest BCUT2D eigenvalue weighted by atomic mass is 9.90. The molecule has 0 aromatic carbocycles. The quantitative estimate of drug-likeness (QED) is 0.179. The molecule has 0 unspecified atom stereocenters. The molecule has 1 rings (SSSR count). The fraction of sp³-hybridized carbons (Fsp3) is 0.875. The fourth-order valence-corrected chi connectivity index (χ4v) is 1.72. The number of nitrogens with two attached hydrogens (primary N) is 2. The van der Waals surface area contributed by atoms with Crippen LogP contribution in [0.5, 0.6) is 0 Å². The lowest BCUT2D eigenvalue weighted by Crippen LogP contribution is -2.51. The van der Waals surface area contributed by atoms with Crippen LogP contribution in [-0.2, 0) is 0 Å². The normalized spacial score (nSPS) is 24.9. The Bertz CT molecular complexity index is 171. The lowest BCUT2D eigenvalue weighted by Gasteiger charge is -2.25. The molecule has 0 atom stereocenters. The molecule has 0 spiro atoms. The van der Waals surface area contributed by atoms with Gasteiger partial charge in [0.1, 0.15) is 0 Å². The predicted molar refractivity (Wildman–Crippen MR) is 48.0 cm³/mol. The molecule has 1 fully saturated rings. The van der Waals surface area contributed by atoms with Gasteiger partial charge in [-0.25, -0.2) is 0 Å². The summed E-state index contributed by atoms with van der Waals surface area (Å²) in [5, 5.41) is 11.5. The van der Waals surface area contributed by atoms with Crippen LogP contribution in [0.25, 0.3) is 0 Å². The molecule has 0 saturated heterocycles. The van der Waals surface area contributed by atoms with Gasteiger partial charge in [0.2, 0.25) is 0 Å². The Morgan fingerprint density at radius 2 is 1.67 bits per heavy atom. The van der Waals surface area contributed by atoms with Gasteiger partial charge in [-0.1, -0.05) is 30.8 Å². The van der Waals surface area contributed by atoms with Crippen molar-refractivity contribution in [1.29, 1.82) is 0 Å². The number of nitrogens with zero attached hydrogens (tertiary/aromatic N) is 1. The summed E-state index contributed by atoms with van der Waals surface area (Å²) in [6.45, 7) is 0. The molecule has 12 heavy (non-hydrogen) atoms. The minimum Gasteiger partial charge on any atom is -0.409 e. The van der Waals surface area contributed by atoms with Crippen LogP contribution in [0.3, 0.4) is 0 Å². The van der Waals surface area contributed by atoms with Crippen molar-refractivity contribution in [3.05, 3.63) is 0 Å². The SMILES string of the molecule is N/C(=N\O)C1(N)CCCCCC1. The maximum Gasteiger partial charge on any atom is 0.159 e. The first-order valence-electron chi connectivity index (χ1n) is 4.46. The molecule has 0 amide bonds. The first kappa shape index (κ1) is 9.32. The zero-order chi connectivity index (χ0) is 9.03. The zero-order valence-electron chi connectivity index (χ0n) is 7.29. The van der Waals surface area contributed by atoms with E-state index in [4.69, 9.17) is 16.7 Å². The molecular formula is C8H17N3O. The highest BCUT2D eigenvalue weighted by Gasteiger charge is 2.30. The van der Waals surface area contributed by atoms with Crippen molar-refractivity contribution < 1.29 is 5.21 Å². The standard InChI is InChI=1S/C8H17N3O/c9-7(11-12)8(10)5-3-1-2-4-6-8/h12H,1-6,10H2,(H2,9,11). The molecule has 4 nitrogen and oxygen atoms in total. The van der Waals surface area contributed by atoms with Gasteiger partial charge in [-0.3, -0.25) is 0 Å². The topological polar surface area (TPSA) is 84.6 Å². The Morgan fingerprint density at radius 3 is 2.08 bits per heavy atom. The molecule has 0 aliphatic heterocycles. The number of rotatable bonds is 1. The summed E-state index contributed by atoms with van der Waals surface area (Å²) in [4.78, 5) is 0. The van der Waals surface area contributed by atoms with Crippen molar-refractivity contribution in [3.8, 4) is 0 Å². The molecule has 5 N–H and O–H groups in total. The molecule has 1 aliphatic carbocycles. The van der Waals surface area contributed by atoms with E-state index < -0.39 is 5.54 Å². The first-order valence-corrected chi connectivity index (χ1v) is 4.46. The third kappa shape index (κ3) is 1.88. The average molecular weight is 171 g/mol. The van der Waals surface area contributed by atoms with Crippen molar-refractivity contribution in [2.45, 2.75) is 44.1 Å². The summed E-state index contributed by atoms with van der Waals surface area (Å²) < 4.78 is 0. The Kier molecular flexibility index (Phi) is 2.92. The highest BCUT2D eigenvalue weighted by molar-refractivity contribution is 5.89. The molecular weight excluding hydrogens is 154 g/mol. The Morgan fingerprint density at radius 1 is 1.17 bits per heavy atom. The summed E-state index contributed by atoms with van der Waals surface area (Å²) >= 11 is 0. The van der Waals surface area contributed by atoms with Gasteiger partial charge < -0.3 is 16.7 Å². The van der Waals surface area contributed by atoms with Crippen LogP contribution in [0.4, 0.5) is 0 Å². The van der Waals surface area contributed by atoms with Crippen LogP contribution in [0.2, 0.25) is 0 Å². The second-order valence-electron chi connectivity index (χ2n) is 3.56. The number of oxime groups is 1. The molecule has 4 heteroatoms. The molecule has 1 saturated carbocycles. The molecule has 0 bridgehead atoms. The Labute approximate surface area is 72.6 Å². The third-order valence-corrected chi connectivity index (χ3v) is 2.61. The van der Waals surface area contributed by atoms with E-state index in [-0.39, 0.29) is 5.84 Å². The Hall–Kier alpha value is -0.770. The van der Waals surface area contributed by atoms with E-state index in [1.807, 2.05) is 0 Å². The van der Waals surface area contributed by atoms with Gasteiger partial charge in [0.15, 0.2) is 5.84 Å². The van der Waals surface area contributed by atoms with Crippen LogP contribution < -0.4 is 11.5 Å². The highest BCUT2D eigenvalue weighted by atomic mass is 16.4. The summed E-state index contributed by atoms with van der Waals surface area (Å²) in [7, 11) is 0. The summed E-state index contributed by atoms with van der Waals surface area (Å²) in [5.74, 6) is 0.185. The zero-order valence-corrected chi connectivity index (χ0v) is 7.29. The fourth-order valence-electron chi connectivity index (χ4n) is 1.72. The third-order valence-electron chi connectivity index (χ3n) is 2.61. The van der Waals surface area contributed by atoms with Crippen LogP contribution in [0, 0.1) is 0 Å². The summed E-state index contributed by atoms with van der Waals surface area (Å²) in [6.07, 6.45) is 6.24. The number of hydrogen-bond donors (Lipinski definition) is 3. The number of hydrogen-bond acceptors (Lipinski definition) is 3. The Balaban J connectivity index is 2.66. The van der Waals surface area contributed by atoms with Crippen LogP contribution in [-0.4, -0.2) is 16.6 Å². The van der Waals surface area contributed by atoms with Crippen LogP contribution in [0.15, 0.2) is 5.16 Å². The molecule has 0 aromatic rings. The maximum atomic E-state index is 8.53. The predicted octanol–water partition coefficient (Wildman–Crippen LogP) is 0.784. The van der Waals surface area contributed by atoms with Gasteiger partial charge in [0, 0.05) is 0 Å². The average Bonchev–Trinajstić information content (AvgIpc) is 2.29. The smallest absolute Gasteiger partial charge is 0.159 e. The van der Waals surface area contributed by atoms with Crippen molar-refractivity contribution in [2.24, 2.45) is 16.6 Å².